The Morgan fingerprint density at radius 3 is 2.53 bits per heavy atom. The molecule has 1 aromatic heterocycles. The Bertz CT molecular complexity index is 1190. The maximum absolute atomic E-state index is 12.2. The number of nitrogens with one attached hydrogen (secondary N) is 1. The number of benzene rings is 3. The normalized spacial score (nSPS) is 10.9. The lowest BCUT2D eigenvalue weighted by Crippen LogP contribution is -2.19. The first kappa shape index (κ1) is 19.1. The van der Waals surface area contributed by atoms with Crippen molar-refractivity contribution in [2.45, 2.75) is 6.42 Å². The Hall–Kier alpha value is -4.19. The molecule has 0 aliphatic heterocycles. The molecule has 3 aromatic carbocycles. The topological polar surface area (TPSA) is 80.9 Å². The van der Waals surface area contributed by atoms with Crippen LogP contribution in [0.3, 0.4) is 0 Å². The van der Waals surface area contributed by atoms with Crippen molar-refractivity contribution in [3.05, 3.63) is 102 Å². The van der Waals surface area contributed by atoms with Crippen molar-refractivity contribution < 1.29 is 18.7 Å². The van der Waals surface area contributed by atoms with Gasteiger partial charge in [0, 0.05) is 0 Å². The van der Waals surface area contributed by atoms with Crippen LogP contribution in [0.4, 0.5) is 0 Å². The van der Waals surface area contributed by atoms with Crippen LogP contribution in [0.1, 0.15) is 21.7 Å². The smallest absolute Gasteiger partial charge is 0.379 e. The van der Waals surface area contributed by atoms with Gasteiger partial charge in [0.2, 0.25) is 11.7 Å². The number of amides is 1. The molecule has 148 valence electrons. The summed E-state index contributed by atoms with van der Waals surface area (Å²) in [7, 11) is 0. The van der Waals surface area contributed by atoms with Gasteiger partial charge in [-0.1, -0.05) is 42.5 Å². The predicted molar refractivity (Wildman–Crippen MR) is 113 cm³/mol. The summed E-state index contributed by atoms with van der Waals surface area (Å²) >= 11 is 0. The number of hydrazone groups is 1. The lowest BCUT2D eigenvalue weighted by molar-refractivity contribution is -0.120. The van der Waals surface area contributed by atoms with Crippen molar-refractivity contribution in [2.24, 2.45) is 5.10 Å². The SMILES string of the molecule is O=C(Cc1cccc2ccccc12)NN=Cc1ccc(OC(=O)c2ccco2)cc1. The fraction of sp³-hybridized carbons (Fsp3) is 0.0417. The zero-order chi connectivity index (χ0) is 20.8. The molecule has 1 heterocycles. The second kappa shape index (κ2) is 8.87. The van der Waals surface area contributed by atoms with Crippen LogP contribution < -0.4 is 10.2 Å². The highest BCUT2D eigenvalue weighted by Crippen LogP contribution is 2.19. The van der Waals surface area contributed by atoms with Gasteiger partial charge in [0.15, 0.2) is 0 Å². The van der Waals surface area contributed by atoms with E-state index in [9.17, 15) is 9.59 Å². The van der Waals surface area contributed by atoms with Crippen molar-refractivity contribution in [3.8, 4) is 5.75 Å². The Kier molecular flexibility index (Phi) is 5.66. The van der Waals surface area contributed by atoms with Crippen LogP contribution in [0.15, 0.2) is 94.6 Å². The summed E-state index contributed by atoms with van der Waals surface area (Å²) in [5.41, 5.74) is 4.24. The van der Waals surface area contributed by atoms with Crippen LogP contribution in [0.25, 0.3) is 10.8 Å². The van der Waals surface area contributed by atoms with E-state index in [2.05, 4.69) is 10.5 Å². The zero-order valence-corrected chi connectivity index (χ0v) is 15.9. The van der Waals surface area contributed by atoms with Crippen LogP contribution in [0, 0.1) is 0 Å². The van der Waals surface area contributed by atoms with Crippen molar-refractivity contribution in [2.75, 3.05) is 0 Å². The molecule has 0 atom stereocenters. The van der Waals surface area contributed by atoms with E-state index >= 15 is 0 Å². The molecular formula is C24H18N2O4. The number of carbonyl (C=O) groups excluding carboxylic acids is 2. The van der Waals surface area contributed by atoms with Crippen LogP contribution in [0.5, 0.6) is 5.75 Å². The molecule has 0 saturated carbocycles. The third-order valence-electron chi connectivity index (χ3n) is 4.45. The lowest BCUT2D eigenvalue weighted by Gasteiger charge is -2.05. The number of nitrogens with zero attached hydrogens (tertiary/aromatic N) is 1. The molecule has 0 radical (unpaired) electrons. The largest absolute Gasteiger partial charge is 0.457 e. The summed E-state index contributed by atoms with van der Waals surface area (Å²) in [5.74, 6) is -0.253. The highest BCUT2D eigenvalue weighted by molar-refractivity contribution is 5.91. The van der Waals surface area contributed by atoms with Crippen molar-refractivity contribution in [3.63, 3.8) is 0 Å². The molecule has 1 N–H and O–H groups in total. The third-order valence-corrected chi connectivity index (χ3v) is 4.45. The minimum atomic E-state index is -0.567. The standard InChI is InChI=1S/C24H18N2O4/c27-23(15-19-7-3-6-18-5-1-2-8-21(18)19)26-25-16-17-10-12-20(13-11-17)30-24(28)22-9-4-14-29-22/h1-14,16H,15H2,(H,26,27). The number of fused-ring (bicyclic) bond motifs is 1. The minimum absolute atomic E-state index is 0.134. The zero-order valence-electron chi connectivity index (χ0n) is 15.9. The molecule has 6 nitrogen and oxygen atoms in total. The van der Waals surface area contributed by atoms with Gasteiger partial charge < -0.3 is 9.15 Å². The first-order valence-corrected chi connectivity index (χ1v) is 9.33. The molecule has 0 aliphatic rings. The quantitative estimate of drug-likeness (QED) is 0.227. The molecule has 0 fully saturated rings. The summed E-state index contributed by atoms with van der Waals surface area (Å²) in [6.07, 6.45) is 3.17. The van der Waals surface area contributed by atoms with Gasteiger partial charge in [0.05, 0.1) is 18.9 Å². The van der Waals surface area contributed by atoms with E-state index in [1.807, 2.05) is 42.5 Å². The average molecular weight is 398 g/mol. The maximum Gasteiger partial charge on any atom is 0.379 e. The molecule has 0 spiro atoms. The van der Waals surface area contributed by atoms with E-state index in [0.717, 1.165) is 21.9 Å². The number of carbonyl (C=O) groups is 2. The summed E-state index contributed by atoms with van der Waals surface area (Å²) in [6, 6.07) is 23.7. The van der Waals surface area contributed by atoms with Gasteiger partial charge in [-0.25, -0.2) is 10.2 Å². The molecule has 4 aromatic rings. The molecule has 6 heteroatoms. The lowest BCUT2D eigenvalue weighted by atomic mass is 10.0. The highest BCUT2D eigenvalue weighted by atomic mass is 16.5. The Balaban J connectivity index is 1.32. The van der Waals surface area contributed by atoms with Gasteiger partial charge in [-0.3, -0.25) is 4.79 Å². The predicted octanol–water partition coefficient (Wildman–Crippen LogP) is 4.34. The summed E-state index contributed by atoms with van der Waals surface area (Å²) in [6.45, 7) is 0. The van der Waals surface area contributed by atoms with E-state index < -0.39 is 5.97 Å². The van der Waals surface area contributed by atoms with Crippen LogP contribution in [-0.2, 0) is 11.2 Å². The molecule has 0 saturated heterocycles. The second-order valence-corrected chi connectivity index (χ2v) is 6.54. The summed E-state index contributed by atoms with van der Waals surface area (Å²) in [5, 5.41) is 6.15. The number of esters is 1. The van der Waals surface area contributed by atoms with E-state index in [0.29, 0.717) is 5.75 Å². The van der Waals surface area contributed by atoms with Gasteiger partial charge in [-0.05, 0) is 58.3 Å². The highest BCUT2D eigenvalue weighted by Gasteiger charge is 2.11. The Morgan fingerprint density at radius 1 is 0.933 bits per heavy atom. The first-order chi connectivity index (χ1) is 14.7. The summed E-state index contributed by atoms with van der Waals surface area (Å²) < 4.78 is 10.2. The van der Waals surface area contributed by atoms with E-state index in [4.69, 9.17) is 9.15 Å². The van der Waals surface area contributed by atoms with Gasteiger partial charge >= 0.3 is 5.97 Å². The first-order valence-electron chi connectivity index (χ1n) is 9.33. The fourth-order valence-corrected chi connectivity index (χ4v) is 3.01. The number of furan rings is 1. The molecule has 1 amide bonds. The molecule has 0 unspecified atom stereocenters. The van der Waals surface area contributed by atoms with E-state index in [1.165, 1.54) is 18.5 Å². The molecule has 30 heavy (non-hydrogen) atoms. The molecule has 4 rings (SSSR count). The average Bonchev–Trinajstić information content (AvgIpc) is 3.30. The molecule has 0 aliphatic carbocycles. The van der Waals surface area contributed by atoms with Crippen molar-refractivity contribution >= 4 is 28.9 Å². The Morgan fingerprint density at radius 2 is 1.73 bits per heavy atom. The third kappa shape index (κ3) is 4.62. The van der Waals surface area contributed by atoms with Crippen LogP contribution in [0.2, 0.25) is 0 Å². The number of hydrogen-bond donors (Lipinski definition) is 1. The van der Waals surface area contributed by atoms with Gasteiger partial charge in [-0.2, -0.15) is 5.10 Å². The number of hydrogen-bond acceptors (Lipinski definition) is 5. The second-order valence-electron chi connectivity index (χ2n) is 6.54. The van der Waals surface area contributed by atoms with Crippen LogP contribution >= 0.6 is 0 Å². The number of rotatable bonds is 6. The van der Waals surface area contributed by atoms with Crippen molar-refractivity contribution in [1.29, 1.82) is 0 Å². The van der Waals surface area contributed by atoms with E-state index in [-0.39, 0.29) is 18.1 Å². The van der Waals surface area contributed by atoms with Crippen LogP contribution in [-0.4, -0.2) is 18.1 Å². The minimum Gasteiger partial charge on any atom is -0.457 e. The number of ether oxygens (including phenoxy) is 1. The maximum atomic E-state index is 12.2. The van der Waals surface area contributed by atoms with Gasteiger partial charge in [0.1, 0.15) is 5.75 Å². The van der Waals surface area contributed by atoms with Gasteiger partial charge in [0.25, 0.3) is 0 Å². The monoisotopic (exact) mass is 398 g/mol. The van der Waals surface area contributed by atoms with Gasteiger partial charge in [-0.15, -0.1) is 0 Å². The fourth-order valence-electron chi connectivity index (χ4n) is 3.01. The molecular weight excluding hydrogens is 380 g/mol. The van der Waals surface area contributed by atoms with Crippen molar-refractivity contribution in [1.82, 2.24) is 5.43 Å². The summed E-state index contributed by atoms with van der Waals surface area (Å²) in [4.78, 5) is 24.1. The molecule has 0 bridgehead atoms. The Labute approximate surface area is 172 Å². The van der Waals surface area contributed by atoms with E-state index in [1.54, 1.807) is 30.3 Å².